The molecule has 2 heteroatoms. The predicted octanol–water partition coefficient (Wildman–Crippen LogP) is 2.82. The average molecular weight is 297 g/mol. The van der Waals surface area contributed by atoms with E-state index in [-0.39, 0.29) is 11.5 Å². The summed E-state index contributed by atoms with van der Waals surface area (Å²) >= 11 is 0. The van der Waals surface area contributed by atoms with Crippen LogP contribution in [0.15, 0.2) is 12.2 Å². The lowest BCUT2D eigenvalue weighted by molar-refractivity contribution is -0.166. The van der Waals surface area contributed by atoms with Crippen LogP contribution in [-0.4, -0.2) is 34.7 Å². The zero-order valence-electron chi connectivity index (χ0n) is 13.6. The fraction of sp³-hybridized carbons (Fsp3) is 0.900. The standard InChI is InChI=1S/C20H27NO/c1-10-11-6-12-16-19-5-3-4-18(2)9-21(16)13(15(18)19)8-20(12,17(10)22)14(19)7-11/h11-17,22H,1,3-9H2,2H3/t11-,12+,13-,14-,15+,16+,17+,18+,19+,20+/m0/s1. The molecule has 1 N–H and O–H groups in total. The molecule has 6 saturated carbocycles. The number of piperidine rings is 2. The third-order valence-corrected chi connectivity index (χ3v) is 10.3. The number of aliphatic hydroxyl groups excluding tert-OH is 1. The number of hydrogen-bond donors (Lipinski definition) is 1. The Morgan fingerprint density at radius 3 is 2.95 bits per heavy atom. The van der Waals surface area contributed by atoms with Crippen molar-refractivity contribution in [3.63, 3.8) is 0 Å². The molecule has 6 aliphatic carbocycles. The Bertz CT molecular complexity index is 644. The van der Waals surface area contributed by atoms with Gasteiger partial charge >= 0.3 is 0 Å². The summed E-state index contributed by atoms with van der Waals surface area (Å²) in [7, 11) is 0. The van der Waals surface area contributed by atoms with E-state index in [1.807, 2.05) is 0 Å². The summed E-state index contributed by atoms with van der Waals surface area (Å²) < 4.78 is 0. The quantitative estimate of drug-likeness (QED) is 0.695. The van der Waals surface area contributed by atoms with E-state index in [0.29, 0.717) is 16.7 Å². The largest absolute Gasteiger partial charge is 0.388 e. The first kappa shape index (κ1) is 12.1. The van der Waals surface area contributed by atoms with E-state index in [2.05, 4.69) is 18.4 Å². The van der Waals surface area contributed by atoms with E-state index in [9.17, 15) is 5.11 Å². The lowest BCUT2D eigenvalue weighted by atomic mass is 9.40. The maximum atomic E-state index is 11.2. The van der Waals surface area contributed by atoms with Crippen molar-refractivity contribution in [1.82, 2.24) is 4.90 Å². The van der Waals surface area contributed by atoms with Gasteiger partial charge in [-0.3, -0.25) is 4.90 Å². The van der Waals surface area contributed by atoms with Crippen LogP contribution in [0.3, 0.4) is 0 Å². The molecular formula is C20H27NO. The van der Waals surface area contributed by atoms with Crippen molar-refractivity contribution in [2.75, 3.05) is 6.54 Å². The van der Waals surface area contributed by atoms with Crippen molar-refractivity contribution >= 4 is 0 Å². The van der Waals surface area contributed by atoms with E-state index >= 15 is 0 Å². The molecule has 0 aromatic carbocycles. The first-order chi connectivity index (χ1) is 10.5. The van der Waals surface area contributed by atoms with Gasteiger partial charge < -0.3 is 5.11 Å². The van der Waals surface area contributed by atoms with E-state index < -0.39 is 0 Å². The number of rotatable bonds is 0. The summed E-state index contributed by atoms with van der Waals surface area (Å²) in [5, 5.41) is 11.2. The lowest BCUT2D eigenvalue weighted by Gasteiger charge is -2.64. The minimum atomic E-state index is -0.172. The molecule has 0 aromatic heterocycles. The first-order valence-electron chi connectivity index (χ1n) is 9.66. The Morgan fingerprint density at radius 1 is 1.23 bits per heavy atom. The second-order valence-electron chi connectivity index (χ2n) is 10.4. The highest BCUT2D eigenvalue weighted by atomic mass is 16.3. The second-order valence-corrected chi connectivity index (χ2v) is 10.4. The molecule has 2 nitrogen and oxygen atoms in total. The highest BCUT2D eigenvalue weighted by Crippen LogP contribution is 2.86. The monoisotopic (exact) mass is 297 g/mol. The lowest BCUT2D eigenvalue weighted by Crippen LogP contribution is -2.63. The molecular weight excluding hydrogens is 270 g/mol. The molecule has 0 amide bonds. The zero-order valence-corrected chi connectivity index (χ0v) is 13.6. The Labute approximate surface area is 132 Å². The topological polar surface area (TPSA) is 23.5 Å². The molecule has 3 heterocycles. The summed E-state index contributed by atoms with van der Waals surface area (Å²) in [6.45, 7) is 8.32. The van der Waals surface area contributed by atoms with Gasteiger partial charge in [-0.1, -0.05) is 19.9 Å². The van der Waals surface area contributed by atoms with Crippen LogP contribution in [0.25, 0.3) is 0 Å². The average Bonchev–Trinajstić information content (AvgIpc) is 2.90. The Morgan fingerprint density at radius 2 is 2.09 bits per heavy atom. The molecule has 3 saturated heterocycles. The van der Waals surface area contributed by atoms with Crippen LogP contribution >= 0.6 is 0 Å². The van der Waals surface area contributed by atoms with E-state index in [1.54, 1.807) is 0 Å². The minimum absolute atomic E-state index is 0.172. The van der Waals surface area contributed by atoms with Crippen molar-refractivity contribution < 1.29 is 5.11 Å². The maximum Gasteiger partial charge on any atom is 0.0813 e. The van der Waals surface area contributed by atoms with Gasteiger partial charge in [0.05, 0.1) is 6.10 Å². The molecule has 9 fully saturated rings. The van der Waals surface area contributed by atoms with Gasteiger partial charge in [0.25, 0.3) is 0 Å². The van der Waals surface area contributed by atoms with Gasteiger partial charge in [-0.25, -0.2) is 0 Å². The molecule has 118 valence electrons. The Hall–Kier alpha value is -0.340. The summed E-state index contributed by atoms with van der Waals surface area (Å²) in [4.78, 5) is 2.98. The molecule has 9 bridgehead atoms. The van der Waals surface area contributed by atoms with E-state index in [4.69, 9.17) is 0 Å². The number of fused-ring (bicyclic) bond motifs is 1. The van der Waals surface area contributed by atoms with Gasteiger partial charge in [0.15, 0.2) is 0 Å². The Kier molecular flexibility index (Phi) is 1.64. The highest BCUT2D eigenvalue weighted by molar-refractivity contribution is 5.42. The molecule has 11 atom stereocenters. The molecule has 22 heavy (non-hydrogen) atoms. The van der Waals surface area contributed by atoms with Gasteiger partial charge in [0.2, 0.25) is 0 Å². The zero-order chi connectivity index (χ0) is 14.6. The minimum Gasteiger partial charge on any atom is -0.388 e. The van der Waals surface area contributed by atoms with Crippen LogP contribution in [0.4, 0.5) is 0 Å². The normalized spacial score (nSPS) is 75.1. The summed E-state index contributed by atoms with van der Waals surface area (Å²) in [6.07, 6.45) is 8.23. The fourth-order valence-electron chi connectivity index (χ4n) is 10.4. The molecule has 9 rings (SSSR count). The van der Waals surface area contributed by atoms with Gasteiger partial charge in [0, 0.05) is 24.0 Å². The second kappa shape index (κ2) is 2.99. The van der Waals surface area contributed by atoms with Gasteiger partial charge in [-0.2, -0.15) is 0 Å². The SMILES string of the molecule is C=C1[C@@H]2C[C@@H]3[C@]4(C[C@H]5[C@@H]6[C@]7(C)CCC[C@@]36[C@@H]([C@H]4C2)N5C7)[C@@H]1O. The summed E-state index contributed by atoms with van der Waals surface area (Å²) in [5.74, 6) is 3.21. The number of aliphatic hydroxyl groups is 1. The molecule has 9 aliphatic rings. The number of hydrogen-bond acceptors (Lipinski definition) is 2. The fourth-order valence-corrected chi connectivity index (χ4v) is 10.4. The van der Waals surface area contributed by atoms with Crippen molar-refractivity contribution in [2.45, 2.75) is 63.6 Å². The van der Waals surface area contributed by atoms with Crippen LogP contribution in [0.1, 0.15) is 45.4 Å². The predicted molar refractivity (Wildman–Crippen MR) is 84.1 cm³/mol. The smallest absolute Gasteiger partial charge is 0.0813 e. The van der Waals surface area contributed by atoms with Crippen LogP contribution in [0.2, 0.25) is 0 Å². The van der Waals surface area contributed by atoms with Crippen LogP contribution < -0.4 is 0 Å². The molecule has 3 aliphatic heterocycles. The summed E-state index contributed by atoms with van der Waals surface area (Å²) in [6, 6.07) is 1.64. The maximum absolute atomic E-state index is 11.2. The Balaban J connectivity index is 1.53. The van der Waals surface area contributed by atoms with E-state index in [1.165, 1.54) is 50.6 Å². The van der Waals surface area contributed by atoms with Crippen molar-refractivity contribution in [3.8, 4) is 0 Å². The van der Waals surface area contributed by atoms with Crippen LogP contribution in [0.5, 0.6) is 0 Å². The van der Waals surface area contributed by atoms with Crippen molar-refractivity contribution in [3.05, 3.63) is 12.2 Å². The van der Waals surface area contributed by atoms with Gasteiger partial charge in [0.1, 0.15) is 0 Å². The van der Waals surface area contributed by atoms with Gasteiger partial charge in [-0.05, 0) is 72.2 Å². The summed E-state index contributed by atoms with van der Waals surface area (Å²) in [5.41, 5.74) is 2.65. The number of nitrogens with zero attached hydrogens (tertiary/aromatic N) is 1. The van der Waals surface area contributed by atoms with Gasteiger partial charge in [-0.15, -0.1) is 0 Å². The van der Waals surface area contributed by atoms with E-state index in [0.717, 1.165) is 29.8 Å². The molecule has 0 radical (unpaired) electrons. The van der Waals surface area contributed by atoms with Crippen LogP contribution in [0, 0.1) is 39.9 Å². The third kappa shape index (κ3) is 0.815. The first-order valence-corrected chi connectivity index (χ1v) is 9.66. The van der Waals surface area contributed by atoms with Crippen LogP contribution in [-0.2, 0) is 0 Å². The molecule has 2 spiro atoms. The van der Waals surface area contributed by atoms with Crippen molar-refractivity contribution in [1.29, 1.82) is 0 Å². The van der Waals surface area contributed by atoms with Crippen molar-refractivity contribution in [2.24, 2.45) is 39.9 Å². The molecule has 0 aromatic rings. The third-order valence-electron chi connectivity index (χ3n) is 10.3. The highest BCUT2D eigenvalue weighted by Gasteiger charge is 2.87. The molecule has 1 unspecified atom stereocenters.